The van der Waals surface area contributed by atoms with Gasteiger partial charge in [-0.05, 0) is 12.2 Å². The lowest BCUT2D eigenvalue weighted by Crippen LogP contribution is -2.49. The molecule has 0 aromatic rings. The van der Waals surface area contributed by atoms with Crippen LogP contribution in [0.3, 0.4) is 0 Å². The molecule has 0 aliphatic heterocycles. The minimum Gasteiger partial charge on any atom is -0.544 e. The molecule has 0 aliphatic rings. The largest absolute Gasteiger partial charge is 0.544 e. The zero-order chi connectivity index (χ0) is 25.3. The molecule has 0 saturated carbocycles. The number of carboxylic acids is 1. The number of thioether (sulfide) groups is 1. The Morgan fingerprint density at radius 1 is 0.706 bits per heavy atom. The van der Waals surface area contributed by atoms with Crippen LogP contribution >= 0.6 is 11.8 Å². The van der Waals surface area contributed by atoms with Gasteiger partial charge in [-0.1, -0.05) is 103 Å². The Morgan fingerprint density at radius 3 is 1.65 bits per heavy atom. The summed E-state index contributed by atoms with van der Waals surface area (Å²) in [7, 11) is 3.74. The zero-order valence-corrected chi connectivity index (χ0v) is 23.7. The molecule has 1 amide bonds. The van der Waals surface area contributed by atoms with E-state index in [4.69, 9.17) is 0 Å². The van der Waals surface area contributed by atoms with E-state index in [0.717, 1.165) is 17.9 Å². The number of carbonyl (C=O) groups is 2. The molecule has 0 aromatic heterocycles. The Hall–Kier alpha value is -0.750. The summed E-state index contributed by atoms with van der Waals surface area (Å²) >= 11 is 1.88. The third-order valence-corrected chi connectivity index (χ3v) is 7.51. The van der Waals surface area contributed by atoms with E-state index in [1.807, 2.05) is 25.9 Å². The van der Waals surface area contributed by atoms with Crippen LogP contribution in [0.4, 0.5) is 0 Å². The lowest BCUT2D eigenvalue weighted by atomic mass is 10.0. The second-order valence-corrected chi connectivity index (χ2v) is 11.8. The number of amides is 1. The number of aliphatic carboxylic acids is 1. The number of carbonyl (C=O) groups excluding carboxylic acids is 2. The Labute approximate surface area is 215 Å². The van der Waals surface area contributed by atoms with E-state index in [9.17, 15) is 14.7 Å². The normalized spacial score (nSPS) is 11.6. The summed E-state index contributed by atoms with van der Waals surface area (Å²) in [5.41, 5.74) is 0. The number of hydrogen-bond donors (Lipinski definition) is 1. The molecule has 34 heavy (non-hydrogen) atoms. The van der Waals surface area contributed by atoms with E-state index in [2.05, 4.69) is 12.2 Å². The number of nitrogens with one attached hydrogen (secondary N) is 1. The van der Waals surface area contributed by atoms with Crippen LogP contribution in [-0.4, -0.2) is 61.6 Å². The van der Waals surface area contributed by atoms with Crippen LogP contribution in [0, 0.1) is 0 Å². The standard InChI is InChI=1S/C28H56N2O3S/c1-4-5-6-7-8-9-10-11-12-13-14-15-16-17-18-19-24-34-25-21-27(31)29-22-20-23-30(2,3)26-28(32)33/h4-26H2,1-3H3,(H-,29,31,32,33). The van der Waals surface area contributed by atoms with Crippen molar-refractivity contribution in [2.75, 3.05) is 45.2 Å². The fourth-order valence-electron chi connectivity index (χ4n) is 4.27. The summed E-state index contributed by atoms with van der Waals surface area (Å²) in [6, 6.07) is 0. The van der Waals surface area contributed by atoms with E-state index < -0.39 is 5.97 Å². The smallest absolute Gasteiger partial charge is 0.220 e. The quantitative estimate of drug-likeness (QED) is 0.122. The van der Waals surface area contributed by atoms with Gasteiger partial charge in [-0.2, -0.15) is 11.8 Å². The van der Waals surface area contributed by atoms with E-state index in [-0.39, 0.29) is 12.5 Å². The summed E-state index contributed by atoms with van der Waals surface area (Å²) in [6.45, 7) is 3.60. The van der Waals surface area contributed by atoms with Gasteiger partial charge in [0, 0.05) is 25.1 Å². The number of rotatable bonds is 26. The van der Waals surface area contributed by atoms with E-state index in [0.29, 0.717) is 24.0 Å². The molecule has 0 fully saturated rings. The number of nitrogens with zero attached hydrogens (tertiary/aromatic N) is 1. The van der Waals surface area contributed by atoms with Crippen molar-refractivity contribution >= 4 is 23.6 Å². The van der Waals surface area contributed by atoms with Crippen LogP contribution in [0.25, 0.3) is 0 Å². The molecular weight excluding hydrogens is 444 g/mol. The van der Waals surface area contributed by atoms with Gasteiger partial charge in [0.15, 0.2) is 0 Å². The van der Waals surface area contributed by atoms with Crippen LogP contribution < -0.4 is 10.4 Å². The number of hydrogen-bond acceptors (Lipinski definition) is 4. The van der Waals surface area contributed by atoms with Crippen molar-refractivity contribution < 1.29 is 19.2 Å². The fraction of sp³-hybridized carbons (Fsp3) is 0.929. The van der Waals surface area contributed by atoms with Gasteiger partial charge in [-0.15, -0.1) is 0 Å². The second-order valence-electron chi connectivity index (χ2n) is 10.6. The van der Waals surface area contributed by atoms with E-state index in [1.54, 1.807) is 0 Å². The maximum Gasteiger partial charge on any atom is 0.220 e. The molecule has 0 spiro atoms. The first-order chi connectivity index (χ1) is 16.4. The molecule has 0 saturated heterocycles. The predicted octanol–water partition coefficient (Wildman–Crippen LogP) is 5.70. The van der Waals surface area contributed by atoms with Gasteiger partial charge >= 0.3 is 0 Å². The Balaban J connectivity index is 3.26. The van der Waals surface area contributed by atoms with Crippen molar-refractivity contribution in [1.29, 1.82) is 0 Å². The van der Waals surface area contributed by atoms with Crippen LogP contribution in [0.1, 0.15) is 122 Å². The van der Waals surface area contributed by atoms with Gasteiger partial charge in [-0.3, -0.25) is 4.79 Å². The maximum atomic E-state index is 11.9. The first-order valence-electron chi connectivity index (χ1n) is 14.2. The highest BCUT2D eigenvalue weighted by atomic mass is 32.2. The maximum absolute atomic E-state index is 11.9. The minimum absolute atomic E-state index is 0.00391. The minimum atomic E-state index is -1.03. The zero-order valence-electron chi connectivity index (χ0n) is 22.8. The lowest BCUT2D eigenvalue weighted by Gasteiger charge is -2.30. The summed E-state index contributed by atoms with van der Waals surface area (Å²) < 4.78 is 0.382. The molecule has 1 N–H and O–H groups in total. The summed E-state index contributed by atoms with van der Waals surface area (Å²) in [4.78, 5) is 22.6. The third kappa shape index (κ3) is 25.9. The average molecular weight is 501 g/mol. The molecule has 0 aromatic carbocycles. The monoisotopic (exact) mass is 500 g/mol. The topological polar surface area (TPSA) is 69.2 Å². The van der Waals surface area contributed by atoms with Crippen molar-refractivity contribution in [2.24, 2.45) is 0 Å². The number of quaternary nitrogens is 1. The lowest BCUT2D eigenvalue weighted by molar-refractivity contribution is -0.884. The molecule has 6 heteroatoms. The molecule has 0 heterocycles. The summed E-state index contributed by atoms with van der Waals surface area (Å²) in [5, 5.41) is 13.6. The van der Waals surface area contributed by atoms with Crippen LogP contribution in [0.15, 0.2) is 0 Å². The van der Waals surface area contributed by atoms with Crippen LogP contribution in [0.5, 0.6) is 0 Å². The molecule has 0 bridgehead atoms. The number of carboxylic acid groups (broad SMARTS) is 1. The molecule has 0 radical (unpaired) electrons. The molecular formula is C28H56N2O3S. The first-order valence-corrected chi connectivity index (χ1v) is 15.4. The Kier molecular flexibility index (Phi) is 23.4. The van der Waals surface area contributed by atoms with E-state index >= 15 is 0 Å². The summed E-state index contributed by atoms with van der Waals surface area (Å²) in [6.07, 6.45) is 23.7. The number of likely N-dealkylation sites (N-methyl/N-ethyl adjacent to an activating group) is 1. The van der Waals surface area contributed by atoms with Crippen LogP contribution in [-0.2, 0) is 9.59 Å². The van der Waals surface area contributed by atoms with Crippen molar-refractivity contribution in [3.05, 3.63) is 0 Å². The van der Waals surface area contributed by atoms with Gasteiger partial charge in [0.2, 0.25) is 5.91 Å². The molecule has 0 unspecified atom stereocenters. The Bertz CT molecular complexity index is 486. The molecule has 5 nitrogen and oxygen atoms in total. The van der Waals surface area contributed by atoms with Crippen molar-refractivity contribution in [3.8, 4) is 0 Å². The van der Waals surface area contributed by atoms with E-state index in [1.165, 1.54) is 103 Å². The van der Waals surface area contributed by atoms with Crippen molar-refractivity contribution in [3.63, 3.8) is 0 Å². The van der Waals surface area contributed by atoms with Crippen molar-refractivity contribution in [2.45, 2.75) is 122 Å². The molecule has 0 aliphatic carbocycles. The number of unbranched alkanes of at least 4 members (excludes halogenated alkanes) is 15. The SMILES string of the molecule is CCCCCCCCCCCCCCCCCCSCCC(=O)NCCC[N+](C)(C)CC(=O)[O-]. The highest BCUT2D eigenvalue weighted by Crippen LogP contribution is 2.14. The second kappa shape index (κ2) is 24.0. The van der Waals surface area contributed by atoms with Crippen LogP contribution in [0.2, 0.25) is 0 Å². The summed E-state index contributed by atoms with van der Waals surface area (Å²) in [5.74, 6) is 1.11. The molecule has 0 rings (SSSR count). The fourth-order valence-corrected chi connectivity index (χ4v) is 5.21. The third-order valence-electron chi connectivity index (χ3n) is 6.44. The van der Waals surface area contributed by atoms with Gasteiger partial charge in [0.05, 0.1) is 26.6 Å². The predicted molar refractivity (Wildman–Crippen MR) is 146 cm³/mol. The first kappa shape index (κ1) is 33.2. The van der Waals surface area contributed by atoms with Gasteiger partial charge in [-0.25, -0.2) is 0 Å². The van der Waals surface area contributed by atoms with Gasteiger partial charge < -0.3 is 19.7 Å². The highest BCUT2D eigenvalue weighted by molar-refractivity contribution is 7.99. The average Bonchev–Trinajstić information content (AvgIpc) is 2.77. The van der Waals surface area contributed by atoms with Gasteiger partial charge in [0.25, 0.3) is 0 Å². The highest BCUT2D eigenvalue weighted by Gasteiger charge is 2.14. The molecule has 0 atom stereocenters. The Morgan fingerprint density at radius 2 is 1.18 bits per heavy atom. The molecule has 202 valence electrons. The van der Waals surface area contributed by atoms with Crippen molar-refractivity contribution in [1.82, 2.24) is 5.32 Å². The van der Waals surface area contributed by atoms with Gasteiger partial charge in [0.1, 0.15) is 6.54 Å².